The van der Waals surface area contributed by atoms with E-state index in [0.29, 0.717) is 0 Å². The summed E-state index contributed by atoms with van der Waals surface area (Å²) in [6.45, 7) is 4.16. The summed E-state index contributed by atoms with van der Waals surface area (Å²) in [5.74, 6) is 1.72. The molecule has 0 aliphatic heterocycles. The third-order valence-corrected chi connectivity index (χ3v) is 3.63. The normalized spacial score (nSPS) is 10.4. The maximum absolute atomic E-state index is 5.41. The van der Waals surface area contributed by atoms with Crippen LogP contribution in [0.4, 0.5) is 5.69 Å². The Morgan fingerprint density at radius 3 is 2.09 bits per heavy atom. The van der Waals surface area contributed by atoms with Crippen LogP contribution in [-0.4, -0.2) is 14.2 Å². The number of methoxy groups -OCH3 is 2. The fourth-order valence-corrected chi connectivity index (χ4v) is 2.26. The van der Waals surface area contributed by atoms with E-state index in [1.807, 2.05) is 24.3 Å². The summed E-state index contributed by atoms with van der Waals surface area (Å²) in [4.78, 5) is 0. The van der Waals surface area contributed by atoms with Crippen molar-refractivity contribution in [2.45, 2.75) is 21.3 Å². The van der Waals surface area contributed by atoms with E-state index in [2.05, 4.69) is 37.8 Å². The lowest BCUT2D eigenvalue weighted by Gasteiger charge is -2.09. The molecule has 2 aromatic carbocycles. The first-order valence-electron chi connectivity index (χ1n) is 6.88. The highest BCUT2D eigenvalue weighted by molar-refractivity contribution is 5.72. The molecular weight excluding hydrogens is 274 g/mol. The van der Waals surface area contributed by atoms with Crippen LogP contribution >= 0.6 is 0 Å². The zero-order chi connectivity index (χ0) is 15.4. The van der Waals surface area contributed by atoms with Gasteiger partial charge in [0.2, 0.25) is 0 Å². The maximum Gasteiger partial charge on any atom is 0.179 e. The van der Waals surface area contributed by atoms with Crippen molar-refractivity contribution in [1.82, 2.24) is 0 Å². The molecule has 0 atom stereocenters. The number of ether oxygens (including phenoxy) is 2. The predicted molar refractivity (Wildman–Crippen MR) is 93.7 cm³/mol. The molecule has 0 amide bonds. The molecule has 0 fully saturated rings. The van der Waals surface area contributed by atoms with Crippen LogP contribution in [0.15, 0.2) is 30.3 Å². The summed E-state index contributed by atoms with van der Waals surface area (Å²) in [5.41, 5.74) is 9.49. The van der Waals surface area contributed by atoms with Gasteiger partial charge in [-0.2, -0.15) is 0 Å². The van der Waals surface area contributed by atoms with Crippen LogP contribution in [0, 0.1) is 13.8 Å². The molecule has 3 N–H and O–H groups in total. The third-order valence-electron chi connectivity index (χ3n) is 3.63. The summed E-state index contributed by atoms with van der Waals surface area (Å²) in [7, 11) is 3.36. The fraction of sp³-hybridized carbons (Fsp3) is 0.263. The quantitative estimate of drug-likeness (QED) is 0.867. The Kier molecular flexibility index (Phi) is 6.20. The van der Waals surface area contributed by atoms with Gasteiger partial charge in [-0.15, -0.1) is 0 Å². The average molecular weight is 300 g/mol. The van der Waals surface area contributed by atoms with Crippen LogP contribution in [0.2, 0.25) is 0 Å². The van der Waals surface area contributed by atoms with Crippen molar-refractivity contribution in [3.8, 4) is 11.5 Å². The molecule has 0 spiro atoms. The van der Waals surface area contributed by atoms with Gasteiger partial charge >= 0.3 is 0 Å². The topological polar surface area (TPSA) is 46.1 Å². The Hall–Kier alpha value is -2.26. The van der Waals surface area contributed by atoms with Gasteiger partial charge in [0.1, 0.15) is 5.75 Å². The highest BCUT2D eigenvalue weighted by atomic mass is 16.5. The number of hydrogen-bond acceptors (Lipinski definition) is 2. The minimum absolute atomic E-state index is 0. The minimum atomic E-state index is 0. The van der Waals surface area contributed by atoms with Crippen molar-refractivity contribution in [2.75, 3.05) is 14.2 Å². The van der Waals surface area contributed by atoms with E-state index in [4.69, 9.17) is 9.47 Å². The van der Waals surface area contributed by atoms with Gasteiger partial charge in [0.25, 0.3) is 0 Å². The van der Waals surface area contributed by atoms with Crippen molar-refractivity contribution in [2.24, 2.45) is 0 Å². The molecule has 0 unspecified atom stereocenters. The smallest absolute Gasteiger partial charge is 0.179 e. The molecule has 0 aliphatic carbocycles. The summed E-state index contributed by atoms with van der Waals surface area (Å²) >= 11 is 0. The van der Waals surface area contributed by atoms with Gasteiger partial charge in [0, 0.05) is 6.07 Å². The molecule has 0 saturated carbocycles. The predicted octanol–water partition coefficient (Wildman–Crippen LogP) is 4.00. The number of rotatable bonds is 4. The third kappa shape index (κ3) is 3.89. The van der Waals surface area contributed by atoms with E-state index in [1.165, 1.54) is 11.1 Å². The number of benzene rings is 2. The molecule has 0 aliphatic rings. The van der Waals surface area contributed by atoms with Crippen molar-refractivity contribution in [1.29, 1.82) is 0 Å². The standard InChI is InChI=1S/C18H21NO2.CH4/c1-12-9-15(11-18(21-4)13(12)2)6-5-14-7-8-17(20-3)16(19)10-14;/h5-11H,19H2,1-4H3;1H4/p+1/b6-5-;. The second kappa shape index (κ2) is 7.66. The van der Waals surface area contributed by atoms with Crippen LogP contribution in [0.5, 0.6) is 11.5 Å². The molecule has 118 valence electrons. The monoisotopic (exact) mass is 300 g/mol. The Labute approximate surface area is 133 Å². The van der Waals surface area contributed by atoms with E-state index in [1.54, 1.807) is 14.2 Å². The van der Waals surface area contributed by atoms with E-state index < -0.39 is 0 Å². The fourth-order valence-electron chi connectivity index (χ4n) is 2.26. The average Bonchev–Trinajstić information content (AvgIpc) is 2.48. The molecule has 3 nitrogen and oxygen atoms in total. The van der Waals surface area contributed by atoms with Crippen LogP contribution in [-0.2, 0) is 0 Å². The van der Waals surface area contributed by atoms with Crippen molar-refractivity contribution >= 4 is 17.8 Å². The molecule has 0 aromatic heterocycles. The second-order valence-electron chi connectivity index (χ2n) is 5.07. The van der Waals surface area contributed by atoms with Gasteiger partial charge in [-0.1, -0.05) is 31.7 Å². The van der Waals surface area contributed by atoms with E-state index in [-0.39, 0.29) is 7.43 Å². The molecule has 0 heterocycles. The minimum Gasteiger partial charge on any atom is -0.496 e. The Morgan fingerprint density at radius 2 is 1.50 bits per heavy atom. The zero-order valence-corrected chi connectivity index (χ0v) is 13.1. The van der Waals surface area contributed by atoms with Gasteiger partial charge in [-0.05, 0) is 48.2 Å². The van der Waals surface area contributed by atoms with E-state index in [9.17, 15) is 0 Å². The van der Waals surface area contributed by atoms with E-state index in [0.717, 1.165) is 28.3 Å². The Bertz CT molecular complexity index is 675. The van der Waals surface area contributed by atoms with Crippen LogP contribution in [0.25, 0.3) is 12.2 Å². The van der Waals surface area contributed by atoms with Crippen LogP contribution < -0.4 is 15.2 Å². The van der Waals surface area contributed by atoms with Crippen molar-refractivity contribution < 1.29 is 15.2 Å². The first-order chi connectivity index (χ1) is 10.0. The lowest BCUT2D eigenvalue weighted by atomic mass is 10.0. The number of aryl methyl sites for hydroxylation is 1. The lowest BCUT2D eigenvalue weighted by molar-refractivity contribution is -0.256. The lowest BCUT2D eigenvalue weighted by Crippen LogP contribution is -2.40. The molecule has 3 heteroatoms. The highest BCUT2D eigenvalue weighted by Crippen LogP contribution is 2.25. The summed E-state index contributed by atoms with van der Waals surface area (Å²) in [6, 6.07) is 10.2. The maximum atomic E-state index is 5.41. The molecule has 0 radical (unpaired) electrons. The number of hydrogen-bond donors (Lipinski definition) is 1. The van der Waals surface area contributed by atoms with Crippen LogP contribution in [0.3, 0.4) is 0 Å². The summed E-state index contributed by atoms with van der Waals surface area (Å²) in [6.07, 6.45) is 4.15. The van der Waals surface area contributed by atoms with Gasteiger partial charge in [0.15, 0.2) is 11.4 Å². The molecule has 22 heavy (non-hydrogen) atoms. The molecule has 0 bridgehead atoms. The first-order valence-corrected chi connectivity index (χ1v) is 6.88. The van der Waals surface area contributed by atoms with Gasteiger partial charge in [-0.3, -0.25) is 0 Å². The van der Waals surface area contributed by atoms with Gasteiger partial charge < -0.3 is 15.2 Å². The highest BCUT2D eigenvalue weighted by Gasteiger charge is 2.04. The molecule has 0 saturated heterocycles. The molecule has 2 rings (SSSR count). The zero-order valence-electron chi connectivity index (χ0n) is 13.1. The van der Waals surface area contributed by atoms with Crippen molar-refractivity contribution in [3.63, 3.8) is 0 Å². The van der Waals surface area contributed by atoms with Gasteiger partial charge in [0.05, 0.1) is 14.2 Å². The Balaban J connectivity index is 0.00000242. The van der Waals surface area contributed by atoms with Crippen molar-refractivity contribution in [3.05, 3.63) is 52.6 Å². The first kappa shape index (κ1) is 17.8. The van der Waals surface area contributed by atoms with Gasteiger partial charge in [-0.25, -0.2) is 0 Å². The molecular formula is C19H26NO2+. The largest absolute Gasteiger partial charge is 0.496 e. The van der Waals surface area contributed by atoms with Crippen LogP contribution in [0.1, 0.15) is 29.7 Å². The Morgan fingerprint density at radius 1 is 0.864 bits per heavy atom. The second-order valence-corrected chi connectivity index (χ2v) is 5.07. The summed E-state index contributed by atoms with van der Waals surface area (Å²) < 4.78 is 10.6. The number of quaternary nitrogens is 1. The summed E-state index contributed by atoms with van der Waals surface area (Å²) in [5, 5.41) is 0. The SMILES string of the molecule is C.COc1ccc(/C=C\c2cc(C)c(C)c(OC)c2)cc1[NH3+]. The van der Waals surface area contributed by atoms with E-state index >= 15 is 0 Å². The molecule has 2 aromatic rings.